The van der Waals surface area contributed by atoms with E-state index in [0.29, 0.717) is 23.4 Å². The Kier molecular flexibility index (Phi) is 4.48. The van der Waals surface area contributed by atoms with Crippen LogP contribution in [0.2, 0.25) is 5.15 Å². The van der Waals surface area contributed by atoms with Gasteiger partial charge in [0.05, 0.1) is 29.1 Å². The molecule has 7 heteroatoms. The highest BCUT2D eigenvalue weighted by molar-refractivity contribution is 7.91. The summed E-state index contributed by atoms with van der Waals surface area (Å²) in [6, 6.07) is -0.152. The molecule has 2 rings (SSSR count). The van der Waals surface area contributed by atoms with E-state index in [1.165, 1.54) is 0 Å². The fourth-order valence-corrected chi connectivity index (χ4v) is 4.78. The van der Waals surface area contributed by atoms with Gasteiger partial charge in [-0.3, -0.25) is 0 Å². The van der Waals surface area contributed by atoms with E-state index in [0.717, 1.165) is 17.7 Å². The van der Waals surface area contributed by atoms with Gasteiger partial charge in [-0.15, -0.1) is 11.6 Å². The standard InChI is InChI=1S/C12H18Cl2N2O2S/c1-8(2)5-11-10(6-13)12(14)16(15-11)9-3-4-19(17,18)7-9/h8-9H,3-7H2,1-2H3. The molecule has 0 spiro atoms. The largest absolute Gasteiger partial charge is 0.249 e. The predicted octanol–water partition coefficient (Wildman–Crippen LogP) is 2.83. The van der Waals surface area contributed by atoms with Crippen LogP contribution in [0.15, 0.2) is 0 Å². The Labute approximate surface area is 124 Å². The molecule has 0 aliphatic carbocycles. The third kappa shape index (κ3) is 3.26. The van der Waals surface area contributed by atoms with Crippen LogP contribution in [0.1, 0.15) is 37.6 Å². The molecular weight excluding hydrogens is 307 g/mol. The zero-order valence-corrected chi connectivity index (χ0v) is 13.4. The lowest BCUT2D eigenvalue weighted by atomic mass is 10.1. The van der Waals surface area contributed by atoms with E-state index in [1.54, 1.807) is 4.68 Å². The number of alkyl halides is 1. The molecule has 1 unspecified atom stereocenters. The Balaban J connectivity index is 2.34. The van der Waals surface area contributed by atoms with Gasteiger partial charge in [-0.1, -0.05) is 25.4 Å². The second-order valence-electron chi connectivity index (χ2n) is 5.45. The Hall–Kier alpha value is -0.260. The average Bonchev–Trinajstić information content (AvgIpc) is 2.79. The van der Waals surface area contributed by atoms with Gasteiger partial charge < -0.3 is 0 Å². The third-order valence-electron chi connectivity index (χ3n) is 3.32. The number of sulfone groups is 1. The Morgan fingerprint density at radius 2 is 2.16 bits per heavy atom. The smallest absolute Gasteiger partial charge is 0.152 e. The van der Waals surface area contributed by atoms with Crippen molar-refractivity contribution in [2.24, 2.45) is 5.92 Å². The maximum absolute atomic E-state index is 11.6. The minimum absolute atomic E-state index is 0.122. The van der Waals surface area contributed by atoms with Crippen LogP contribution in [-0.4, -0.2) is 29.7 Å². The third-order valence-corrected chi connectivity index (χ3v) is 5.74. The number of nitrogens with zero attached hydrogens (tertiary/aromatic N) is 2. The van der Waals surface area contributed by atoms with E-state index in [4.69, 9.17) is 23.2 Å². The van der Waals surface area contributed by atoms with Crippen molar-refractivity contribution in [1.29, 1.82) is 0 Å². The highest BCUT2D eigenvalue weighted by Gasteiger charge is 2.32. The fraction of sp³-hybridized carbons (Fsp3) is 0.750. The summed E-state index contributed by atoms with van der Waals surface area (Å²) in [6.45, 7) is 4.20. The molecule has 0 saturated carbocycles. The van der Waals surface area contributed by atoms with Crippen molar-refractivity contribution in [2.45, 2.75) is 38.6 Å². The maximum atomic E-state index is 11.6. The minimum atomic E-state index is -2.95. The predicted molar refractivity (Wildman–Crippen MR) is 77.6 cm³/mol. The number of aromatic nitrogens is 2. The van der Waals surface area contributed by atoms with Crippen molar-refractivity contribution >= 4 is 33.0 Å². The number of hydrogen-bond acceptors (Lipinski definition) is 3. The molecule has 1 fully saturated rings. The Morgan fingerprint density at radius 3 is 2.63 bits per heavy atom. The summed E-state index contributed by atoms with van der Waals surface area (Å²) in [4.78, 5) is 0. The highest BCUT2D eigenvalue weighted by atomic mass is 35.5. The van der Waals surface area contributed by atoms with Crippen molar-refractivity contribution in [3.63, 3.8) is 0 Å². The molecule has 0 amide bonds. The molecule has 1 aliphatic heterocycles. The Bertz CT molecular complexity index is 567. The normalized spacial score (nSPS) is 22.3. The van der Waals surface area contributed by atoms with Gasteiger partial charge in [0.1, 0.15) is 5.15 Å². The van der Waals surface area contributed by atoms with Gasteiger partial charge >= 0.3 is 0 Å². The lowest BCUT2D eigenvalue weighted by molar-refractivity contribution is 0.490. The summed E-state index contributed by atoms with van der Waals surface area (Å²) in [6.07, 6.45) is 1.38. The van der Waals surface area contributed by atoms with Crippen LogP contribution in [0, 0.1) is 5.92 Å². The number of hydrogen-bond donors (Lipinski definition) is 0. The molecule has 4 nitrogen and oxygen atoms in total. The van der Waals surface area contributed by atoms with Crippen LogP contribution < -0.4 is 0 Å². The van der Waals surface area contributed by atoms with Gasteiger partial charge in [-0.25, -0.2) is 13.1 Å². The van der Waals surface area contributed by atoms with E-state index < -0.39 is 9.84 Å². The van der Waals surface area contributed by atoms with E-state index in [9.17, 15) is 8.42 Å². The summed E-state index contributed by atoms with van der Waals surface area (Å²) in [5.41, 5.74) is 1.72. The van der Waals surface area contributed by atoms with E-state index >= 15 is 0 Å². The molecule has 1 atom stereocenters. The number of halogens is 2. The molecule has 0 radical (unpaired) electrons. The van der Waals surface area contributed by atoms with E-state index in [-0.39, 0.29) is 17.5 Å². The second-order valence-corrected chi connectivity index (χ2v) is 8.30. The van der Waals surface area contributed by atoms with Crippen molar-refractivity contribution in [3.05, 3.63) is 16.4 Å². The van der Waals surface area contributed by atoms with E-state index in [1.807, 2.05) is 0 Å². The van der Waals surface area contributed by atoms with Crippen molar-refractivity contribution < 1.29 is 8.42 Å². The quantitative estimate of drug-likeness (QED) is 0.800. The van der Waals surface area contributed by atoms with Crippen LogP contribution >= 0.6 is 23.2 Å². The monoisotopic (exact) mass is 324 g/mol. The van der Waals surface area contributed by atoms with Gasteiger partial charge in [0.15, 0.2) is 9.84 Å². The molecular formula is C12H18Cl2N2O2S. The van der Waals surface area contributed by atoms with Crippen LogP contribution in [0.4, 0.5) is 0 Å². The molecule has 1 saturated heterocycles. The molecule has 0 bridgehead atoms. The van der Waals surface area contributed by atoms with Gasteiger partial charge in [0.2, 0.25) is 0 Å². The molecule has 0 aromatic carbocycles. The highest BCUT2D eigenvalue weighted by Crippen LogP contribution is 2.31. The summed E-state index contributed by atoms with van der Waals surface area (Å²) >= 11 is 12.2. The molecule has 2 heterocycles. The first-order chi connectivity index (χ1) is 8.84. The molecule has 0 N–H and O–H groups in total. The molecule has 1 aromatic rings. The summed E-state index contributed by atoms with van der Waals surface area (Å²) in [5, 5.41) is 5.00. The first-order valence-electron chi connectivity index (χ1n) is 6.36. The molecule has 108 valence electrons. The van der Waals surface area contributed by atoms with Crippen LogP contribution in [-0.2, 0) is 22.1 Å². The summed E-state index contributed by atoms with van der Waals surface area (Å²) < 4.78 is 24.8. The topological polar surface area (TPSA) is 52.0 Å². The van der Waals surface area contributed by atoms with Crippen molar-refractivity contribution in [2.75, 3.05) is 11.5 Å². The van der Waals surface area contributed by atoms with Crippen molar-refractivity contribution in [1.82, 2.24) is 9.78 Å². The lowest BCUT2D eigenvalue weighted by Crippen LogP contribution is -2.13. The minimum Gasteiger partial charge on any atom is -0.249 e. The molecule has 1 aliphatic rings. The first kappa shape index (κ1) is 15.1. The van der Waals surface area contributed by atoms with Gasteiger partial charge in [0.25, 0.3) is 0 Å². The summed E-state index contributed by atoms with van der Waals surface area (Å²) in [5.74, 6) is 1.09. The summed E-state index contributed by atoms with van der Waals surface area (Å²) in [7, 11) is -2.95. The number of rotatable bonds is 4. The molecule has 1 aromatic heterocycles. The van der Waals surface area contributed by atoms with Gasteiger partial charge in [0, 0.05) is 5.56 Å². The van der Waals surface area contributed by atoms with Gasteiger partial charge in [-0.2, -0.15) is 5.10 Å². The maximum Gasteiger partial charge on any atom is 0.152 e. The molecule has 19 heavy (non-hydrogen) atoms. The zero-order valence-electron chi connectivity index (χ0n) is 11.1. The van der Waals surface area contributed by atoms with Crippen LogP contribution in [0.5, 0.6) is 0 Å². The fourth-order valence-electron chi connectivity index (χ4n) is 2.38. The van der Waals surface area contributed by atoms with Crippen LogP contribution in [0.25, 0.3) is 0 Å². The zero-order chi connectivity index (χ0) is 14.2. The SMILES string of the molecule is CC(C)Cc1nn(C2CCS(=O)(=O)C2)c(Cl)c1CCl. The van der Waals surface area contributed by atoms with Gasteiger partial charge in [-0.05, 0) is 18.8 Å². The average molecular weight is 325 g/mol. The van der Waals surface area contributed by atoms with E-state index in [2.05, 4.69) is 18.9 Å². The van der Waals surface area contributed by atoms with Crippen molar-refractivity contribution in [3.8, 4) is 0 Å². The van der Waals surface area contributed by atoms with Crippen LogP contribution in [0.3, 0.4) is 0 Å². The second kappa shape index (κ2) is 5.62. The lowest BCUT2D eigenvalue weighted by Gasteiger charge is -2.09. The first-order valence-corrected chi connectivity index (χ1v) is 9.09. The Morgan fingerprint density at radius 1 is 1.47 bits per heavy atom.